The third-order valence-electron chi connectivity index (χ3n) is 3.88. The molecule has 15 heteroatoms. The number of carbonyl (C=O) groups is 1. The second-order valence-corrected chi connectivity index (χ2v) is 8.36. The highest BCUT2D eigenvalue weighted by Gasteiger charge is 2.35. The average molecular weight is 513 g/mol. The summed E-state index contributed by atoms with van der Waals surface area (Å²) in [6, 6.07) is 1.94. The smallest absolute Gasteiger partial charge is 0.312 e. The molecule has 168 valence electrons. The standard InChI is InChI=1S/C15H21BrN4O9S/c16-5-8-18(7-2-10-30(27,28)29)14-12(19(23)24)4-3-11(13(14)20(25)26)15(22)17-6-1-9-21/h3-4,21H,1-2,5-10H2,(H,17,22)(H,27,28,29). The number of nitrogens with one attached hydrogen (secondary N) is 1. The Hall–Kier alpha value is -2.36. The predicted octanol–water partition coefficient (Wildman–Crippen LogP) is 1.09. The van der Waals surface area contributed by atoms with Gasteiger partial charge in [0, 0.05) is 37.6 Å². The van der Waals surface area contributed by atoms with E-state index in [4.69, 9.17) is 9.66 Å². The summed E-state index contributed by atoms with van der Waals surface area (Å²) >= 11 is 3.14. The Labute approximate surface area is 180 Å². The second-order valence-electron chi connectivity index (χ2n) is 5.99. The number of amides is 1. The summed E-state index contributed by atoms with van der Waals surface area (Å²) in [5, 5.41) is 34.7. The minimum absolute atomic E-state index is 0.0305. The van der Waals surface area contributed by atoms with Crippen molar-refractivity contribution in [3.05, 3.63) is 37.9 Å². The van der Waals surface area contributed by atoms with Gasteiger partial charge in [0.05, 0.1) is 15.6 Å². The number of nitro groups is 2. The average Bonchev–Trinajstić information content (AvgIpc) is 2.65. The molecule has 0 spiro atoms. The van der Waals surface area contributed by atoms with Gasteiger partial charge in [0.2, 0.25) is 0 Å². The number of alkyl halides is 1. The Morgan fingerprint density at radius 1 is 1.17 bits per heavy atom. The molecule has 0 fully saturated rings. The molecule has 0 aliphatic heterocycles. The number of aliphatic hydroxyl groups excluding tert-OH is 1. The number of carbonyl (C=O) groups excluding carboxylic acids is 1. The lowest BCUT2D eigenvalue weighted by Gasteiger charge is -2.24. The molecule has 0 atom stereocenters. The highest BCUT2D eigenvalue weighted by atomic mass is 79.9. The molecule has 0 unspecified atom stereocenters. The zero-order chi connectivity index (χ0) is 22.9. The maximum absolute atomic E-state index is 12.4. The lowest BCUT2D eigenvalue weighted by molar-refractivity contribution is -0.392. The number of nitro benzene ring substituents is 2. The molecule has 0 aliphatic carbocycles. The van der Waals surface area contributed by atoms with Crippen LogP contribution in [0, 0.1) is 20.2 Å². The van der Waals surface area contributed by atoms with Crippen molar-refractivity contribution < 1.29 is 32.7 Å². The minimum Gasteiger partial charge on any atom is -0.396 e. The van der Waals surface area contributed by atoms with Gasteiger partial charge in [-0.15, -0.1) is 0 Å². The zero-order valence-electron chi connectivity index (χ0n) is 15.7. The van der Waals surface area contributed by atoms with Gasteiger partial charge in [-0.1, -0.05) is 15.9 Å². The molecule has 13 nitrogen and oxygen atoms in total. The molecule has 0 radical (unpaired) electrons. The van der Waals surface area contributed by atoms with Crippen LogP contribution in [0.4, 0.5) is 17.1 Å². The fraction of sp³-hybridized carbons (Fsp3) is 0.533. The third-order valence-corrected chi connectivity index (χ3v) is 5.03. The zero-order valence-corrected chi connectivity index (χ0v) is 18.1. The fourth-order valence-electron chi connectivity index (χ4n) is 2.65. The number of hydrogen-bond acceptors (Lipinski definition) is 9. The van der Waals surface area contributed by atoms with Crippen LogP contribution in [0.25, 0.3) is 0 Å². The second kappa shape index (κ2) is 11.7. The normalized spacial score (nSPS) is 11.2. The van der Waals surface area contributed by atoms with Crippen LogP contribution in [0.3, 0.4) is 0 Å². The van der Waals surface area contributed by atoms with E-state index >= 15 is 0 Å². The summed E-state index contributed by atoms with van der Waals surface area (Å²) in [7, 11) is -4.29. The first-order valence-corrected chi connectivity index (χ1v) is 11.4. The number of nitrogens with zero attached hydrogens (tertiary/aromatic N) is 3. The van der Waals surface area contributed by atoms with Crippen LogP contribution >= 0.6 is 15.9 Å². The number of hydrogen-bond donors (Lipinski definition) is 3. The van der Waals surface area contributed by atoms with E-state index in [0.717, 1.165) is 12.1 Å². The lowest BCUT2D eigenvalue weighted by atomic mass is 10.1. The highest BCUT2D eigenvalue weighted by molar-refractivity contribution is 9.09. The fourth-order valence-corrected chi connectivity index (χ4v) is 3.57. The summed E-state index contributed by atoms with van der Waals surface area (Å²) in [6.07, 6.45) is 0.0534. The summed E-state index contributed by atoms with van der Waals surface area (Å²) in [6.45, 7) is -0.301. The van der Waals surface area contributed by atoms with Gasteiger partial charge >= 0.3 is 5.69 Å². The van der Waals surface area contributed by atoms with Crippen molar-refractivity contribution in [1.29, 1.82) is 0 Å². The van der Waals surface area contributed by atoms with Gasteiger partial charge in [-0.3, -0.25) is 29.6 Å². The van der Waals surface area contributed by atoms with Crippen LogP contribution < -0.4 is 10.2 Å². The predicted molar refractivity (Wildman–Crippen MR) is 111 cm³/mol. The van der Waals surface area contributed by atoms with Gasteiger partial charge in [-0.2, -0.15) is 8.42 Å². The molecule has 3 N–H and O–H groups in total. The molecule has 0 bridgehead atoms. The van der Waals surface area contributed by atoms with E-state index < -0.39 is 54.3 Å². The number of anilines is 1. The van der Waals surface area contributed by atoms with Crippen LogP contribution in [0.1, 0.15) is 23.2 Å². The van der Waals surface area contributed by atoms with E-state index in [1.165, 1.54) is 4.90 Å². The number of aliphatic hydroxyl groups is 1. The van der Waals surface area contributed by atoms with Gasteiger partial charge < -0.3 is 15.3 Å². The first kappa shape index (κ1) is 25.7. The molecule has 0 aromatic heterocycles. The van der Waals surface area contributed by atoms with Gasteiger partial charge in [-0.05, 0) is 18.9 Å². The summed E-state index contributed by atoms with van der Waals surface area (Å²) in [4.78, 5) is 35.2. The van der Waals surface area contributed by atoms with Crippen molar-refractivity contribution in [2.45, 2.75) is 12.8 Å². The summed E-state index contributed by atoms with van der Waals surface area (Å²) in [5.41, 5.74) is -2.26. The Balaban J connectivity index is 3.51. The Morgan fingerprint density at radius 2 is 1.83 bits per heavy atom. The molecular weight excluding hydrogens is 492 g/mol. The first-order valence-electron chi connectivity index (χ1n) is 8.64. The van der Waals surface area contributed by atoms with Gasteiger partial charge in [0.1, 0.15) is 5.56 Å². The molecule has 0 saturated carbocycles. The minimum atomic E-state index is -4.29. The lowest BCUT2D eigenvalue weighted by Crippen LogP contribution is -2.31. The van der Waals surface area contributed by atoms with Crippen molar-refractivity contribution in [3.8, 4) is 0 Å². The SMILES string of the molecule is O=C(NCCCO)c1ccc([N+](=O)[O-])c(N(CCBr)CCCS(=O)(=O)O)c1[N+](=O)[O-]. The van der Waals surface area contributed by atoms with E-state index in [-0.39, 0.29) is 44.4 Å². The van der Waals surface area contributed by atoms with Gasteiger partial charge in [0.25, 0.3) is 21.7 Å². The Bertz CT molecular complexity index is 894. The number of rotatable bonds is 13. The van der Waals surface area contributed by atoms with E-state index in [1.54, 1.807) is 0 Å². The van der Waals surface area contributed by atoms with Crippen molar-refractivity contribution >= 4 is 49.0 Å². The van der Waals surface area contributed by atoms with Gasteiger partial charge in [-0.25, -0.2) is 0 Å². The number of halogens is 1. The summed E-state index contributed by atoms with van der Waals surface area (Å²) in [5.74, 6) is -1.49. The van der Waals surface area contributed by atoms with Crippen LogP contribution in [-0.4, -0.2) is 71.2 Å². The van der Waals surface area contributed by atoms with Crippen molar-refractivity contribution in [2.24, 2.45) is 0 Å². The van der Waals surface area contributed by atoms with E-state index in [9.17, 15) is 33.4 Å². The van der Waals surface area contributed by atoms with Crippen LogP contribution in [0.2, 0.25) is 0 Å². The quantitative estimate of drug-likeness (QED) is 0.113. The highest BCUT2D eigenvalue weighted by Crippen LogP contribution is 2.40. The van der Waals surface area contributed by atoms with Crippen LogP contribution in [0.15, 0.2) is 12.1 Å². The summed E-state index contributed by atoms with van der Waals surface area (Å²) < 4.78 is 30.8. The van der Waals surface area contributed by atoms with Crippen molar-refractivity contribution in [2.75, 3.05) is 42.2 Å². The largest absolute Gasteiger partial charge is 0.396 e. The van der Waals surface area contributed by atoms with Crippen molar-refractivity contribution in [3.63, 3.8) is 0 Å². The molecule has 1 aromatic carbocycles. The van der Waals surface area contributed by atoms with Crippen LogP contribution in [-0.2, 0) is 10.1 Å². The molecule has 1 rings (SSSR count). The topological polar surface area (TPSA) is 193 Å². The third kappa shape index (κ3) is 7.47. The Kier molecular flexibility index (Phi) is 10.0. The monoisotopic (exact) mass is 512 g/mol. The maximum Gasteiger partial charge on any atom is 0.312 e. The molecule has 30 heavy (non-hydrogen) atoms. The van der Waals surface area contributed by atoms with Crippen molar-refractivity contribution in [1.82, 2.24) is 5.32 Å². The van der Waals surface area contributed by atoms with Crippen LogP contribution in [0.5, 0.6) is 0 Å². The first-order chi connectivity index (χ1) is 14.0. The molecular formula is C15H21BrN4O9S. The van der Waals surface area contributed by atoms with E-state index in [1.807, 2.05) is 0 Å². The maximum atomic E-state index is 12.4. The van der Waals surface area contributed by atoms with E-state index in [0.29, 0.717) is 0 Å². The molecule has 0 aliphatic rings. The molecule has 1 aromatic rings. The Morgan fingerprint density at radius 3 is 2.33 bits per heavy atom. The number of benzene rings is 1. The molecule has 0 heterocycles. The molecule has 0 saturated heterocycles. The molecule has 1 amide bonds. The van der Waals surface area contributed by atoms with Gasteiger partial charge in [0.15, 0.2) is 5.69 Å². The van der Waals surface area contributed by atoms with E-state index in [2.05, 4.69) is 21.2 Å².